The maximum Gasteiger partial charge on any atom is 0.343 e. The summed E-state index contributed by atoms with van der Waals surface area (Å²) in [6, 6.07) is 0. The van der Waals surface area contributed by atoms with E-state index in [4.69, 9.17) is 4.74 Å². The number of nitrogens with zero attached hydrogens (tertiary/aromatic N) is 2. The zero-order valence-electron chi connectivity index (χ0n) is 7.17. The summed E-state index contributed by atoms with van der Waals surface area (Å²) in [5.74, 6) is -0.380. The summed E-state index contributed by atoms with van der Waals surface area (Å²) in [6.45, 7) is 2.11. The minimum atomic E-state index is -0.380. The molecule has 4 nitrogen and oxygen atoms in total. The molecule has 72 valence electrons. The van der Waals surface area contributed by atoms with Gasteiger partial charge in [-0.2, -0.15) is 5.10 Å². The highest BCUT2D eigenvalue weighted by atomic mass is 79.9. The third-order valence-corrected chi connectivity index (χ3v) is 2.88. The Morgan fingerprint density at radius 1 is 1.62 bits per heavy atom. The van der Waals surface area contributed by atoms with Gasteiger partial charge in [0, 0.05) is 7.05 Å². The van der Waals surface area contributed by atoms with E-state index in [1.807, 2.05) is 0 Å². The van der Waals surface area contributed by atoms with Crippen molar-refractivity contribution in [3.63, 3.8) is 0 Å². The van der Waals surface area contributed by atoms with E-state index in [0.29, 0.717) is 21.4 Å². The highest BCUT2D eigenvalue weighted by Crippen LogP contribution is 2.24. The van der Waals surface area contributed by atoms with Gasteiger partial charge in [-0.25, -0.2) is 4.79 Å². The van der Waals surface area contributed by atoms with Gasteiger partial charge in [-0.3, -0.25) is 4.68 Å². The number of aryl methyl sites for hydroxylation is 1. The molecule has 0 N–H and O–H groups in total. The smallest absolute Gasteiger partial charge is 0.343 e. The van der Waals surface area contributed by atoms with Gasteiger partial charge >= 0.3 is 5.97 Å². The fourth-order valence-electron chi connectivity index (χ4n) is 0.844. The zero-order chi connectivity index (χ0) is 10.0. The third-order valence-electron chi connectivity index (χ3n) is 1.41. The first kappa shape index (κ1) is 10.7. The molecule has 0 fully saturated rings. The van der Waals surface area contributed by atoms with Crippen molar-refractivity contribution in [2.75, 3.05) is 6.61 Å². The van der Waals surface area contributed by atoms with Crippen LogP contribution in [0.15, 0.2) is 9.21 Å². The fraction of sp³-hybridized carbons (Fsp3) is 0.429. The predicted molar refractivity (Wildman–Crippen MR) is 54.6 cm³/mol. The van der Waals surface area contributed by atoms with Gasteiger partial charge in [0.1, 0.15) is 14.8 Å². The van der Waals surface area contributed by atoms with Gasteiger partial charge in [-0.15, -0.1) is 0 Å². The molecular weight excluding hydrogens is 304 g/mol. The van der Waals surface area contributed by atoms with E-state index in [1.165, 1.54) is 0 Å². The normalized spacial score (nSPS) is 10.2. The Hall–Kier alpha value is -0.360. The topological polar surface area (TPSA) is 44.1 Å². The molecule has 1 aromatic heterocycles. The number of ether oxygens (including phenoxy) is 1. The van der Waals surface area contributed by atoms with Crippen LogP contribution in [-0.2, 0) is 11.8 Å². The summed E-state index contributed by atoms with van der Waals surface area (Å²) >= 11 is 6.42. The lowest BCUT2D eigenvalue weighted by atomic mass is 10.4. The molecular formula is C7H8Br2N2O2. The maximum absolute atomic E-state index is 11.4. The quantitative estimate of drug-likeness (QED) is 0.786. The van der Waals surface area contributed by atoms with Gasteiger partial charge in [0.2, 0.25) is 0 Å². The average Bonchev–Trinajstić information content (AvgIpc) is 2.27. The lowest BCUT2D eigenvalue weighted by Gasteiger charge is -1.99. The minimum absolute atomic E-state index is 0.354. The Labute approximate surface area is 92.5 Å². The maximum atomic E-state index is 11.4. The van der Waals surface area contributed by atoms with Crippen LogP contribution < -0.4 is 0 Å². The van der Waals surface area contributed by atoms with Crippen LogP contribution >= 0.6 is 31.9 Å². The average molecular weight is 312 g/mol. The summed E-state index contributed by atoms with van der Waals surface area (Å²) < 4.78 is 7.50. The van der Waals surface area contributed by atoms with Crippen LogP contribution in [0.5, 0.6) is 0 Å². The molecule has 0 radical (unpaired) electrons. The van der Waals surface area contributed by atoms with Gasteiger partial charge in [0.25, 0.3) is 0 Å². The van der Waals surface area contributed by atoms with E-state index in [0.717, 1.165) is 0 Å². The molecule has 6 heteroatoms. The zero-order valence-corrected chi connectivity index (χ0v) is 10.3. The molecule has 0 bridgehead atoms. The molecule has 13 heavy (non-hydrogen) atoms. The summed E-state index contributed by atoms with van der Waals surface area (Å²) in [6.07, 6.45) is 0. The predicted octanol–water partition coefficient (Wildman–Crippen LogP) is 2.12. The molecule has 1 rings (SSSR count). The van der Waals surface area contributed by atoms with E-state index in [2.05, 4.69) is 37.0 Å². The first-order chi connectivity index (χ1) is 6.07. The van der Waals surface area contributed by atoms with Crippen LogP contribution in [0.3, 0.4) is 0 Å². The van der Waals surface area contributed by atoms with Crippen LogP contribution in [0.1, 0.15) is 17.3 Å². The third kappa shape index (κ3) is 2.11. The van der Waals surface area contributed by atoms with Crippen molar-refractivity contribution in [2.45, 2.75) is 6.92 Å². The SMILES string of the molecule is CCOC(=O)c1c(Br)nn(C)c1Br. The molecule has 1 aromatic rings. The van der Waals surface area contributed by atoms with Crippen molar-refractivity contribution in [1.29, 1.82) is 0 Å². The molecule has 0 saturated carbocycles. The largest absolute Gasteiger partial charge is 0.462 e. The summed E-state index contributed by atoms with van der Waals surface area (Å²) in [5.41, 5.74) is 0.421. The number of aromatic nitrogens is 2. The second-order valence-corrected chi connectivity index (χ2v) is 3.80. The Morgan fingerprint density at radius 2 is 2.23 bits per heavy atom. The van der Waals surface area contributed by atoms with Crippen molar-refractivity contribution < 1.29 is 9.53 Å². The van der Waals surface area contributed by atoms with Gasteiger partial charge in [0.05, 0.1) is 6.61 Å². The molecule has 0 aromatic carbocycles. The molecule has 0 aliphatic rings. The second-order valence-electron chi connectivity index (χ2n) is 2.30. The first-order valence-corrected chi connectivity index (χ1v) is 5.21. The van der Waals surface area contributed by atoms with Gasteiger partial charge in [-0.05, 0) is 38.8 Å². The van der Waals surface area contributed by atoms with Crippen LogP contribution in [-0.4, -0.2) is 22.4 Å². The summed E-state index contributed by atoms with van der Waals surface area (Å²) in [4.78, 5) is 11.4. The lowest BCUT2D eigenvalue weighted by molar-refractivity contribution is 0.0524. The molecule has 0 atom stereocenters. The van der Waals surface area contributed by atoms with Crippen molar-refractivity contribution in [3.8, 4) is 0 Å². The Kier molecular flexibility index (Phi) is 3.49. The van der Waals surface area contributed by atoms with Gasteiger partial charge in [0.15, 0.2) is 0 Å². The van der Waals surface area contributed by atoms with Gasteiger partial charge in [-0.1, -0.05) is 0 Å². The van der Waals surface area contributed by atoms with Crippen LogP contribution in [0, 0.1) is 0 Å². The van der Waals surface area contributed by atoms with E-state index < -0.39 is 0 Å². The lowest BCUT2D eigenvalue weighted by Crippen LogP contribution is -2.05. The number of hydrogen-bond acceptors (Lipinski definition) is 3. The highest BCUT2D eigenvalue weighted by Gasteiger charge is 2.20. The van der Waals surface area contributed by atoms with Crippen molar-refractivity contribution in [3.05, 3.63) is 14.8 Å². The highest BCUT2D eigenvalue weighted by molar-refractivity contribution is 9.11. The molecule has 0 aliphatic heterocycles. The number of carbonyl (C=O) groups is 1. The first-order valence-electron chi connectivity index (χ1n) is 3.63. The van der Waals surface area contributed by atoms with Crippen molar-refractivity contribution in [2.24, 2.45) is 7.05 Å². The second kappa shape index (κ2) is 4.23. The summed E-state index contributed by atoms with van der Waals surface area (Å²) in [7, 11) is 1.73. The molecule has 0 amide bonds. The van der Waals surface area contributed by atoms with Gasteiger partial charge < -0.3 is 4.74 Å². The number of hydrogen-bond donors (Lipinski definition) is 0. The van der Waals surface area contributed by atoms with Crippen molar-refractivity contribution in [1.82, 2.24) is 9.78 Å². The molecule has 0 unspecified atom stereocenters. The molecule has 0 spiro atoms. The van der Waals surface area contributed by atoms with E-state index in [1.54, 1.807) is 18.7 Å². The van der Waals surface area contributed by atoms with Crippen molar-refractivity contribution >= 4 is 37.8 Å². The van der Waals surface area contributed by atoms with E-state index in [9.17, 15) is 4.79 Å². The Balaban J connectivity index is 3.06. The summed E-state index contributed by atoms with van der Waals surface area (Å²) in [5, 5.41) is 4.00. The molecule has 0 saturated heterocycles. The van der Waals surface area contributed by atoms with E-state index in [-0.39, 0.29) is 5.97 Å². The van der Waals surface area contributed by atoms with Crippen LogP contribution in [0.4, 0.5) is 0 Å². The minimum Gasteiger partial charge on any atom is -0.462 e. The van der Waals surface area contributed by atoms with Crippen LogP contribution in [0.25, 0.3) is 0 Å². The Morgan fingerprint density at radius 3 is 2.62 bits per heavy atom. The Bertz CT molecular complexity index is 335. The molecule has 0 aliphatic carbocycles. The number of esters is 1. The van der Waals surface area contributed by atoms with Crippen LogP contribution in [0.2, 0.25) is 0 Å². The number of rotatable bonds is 2. The fourth-order valence-corrected chi connectivity index (χ4v) is 2.13. The standard InChI is InChI=1S/C7H8Br2N2O2/c1-3-13-7(12)4-5(8)10-11(2)6(4)9/h3H2,1-2H3. The van der Waals surface area contributed by atoms with E-state index >= 15 is 0 Å². The number of carbonyl (C=O) groups excluding carboxylic acids is 1. The monoisotopic (exact) mass is 310 g/mol. The molecule has 1 heterocycles. The number of halogens is 2.